The van der Waals surface area contributed by atoms with Gasteiger partial charge in [-0.15, -0.1) is 0 Å². The summed E-state index contributed by atoms with van der Waals surface area (Å²) in [5, 5.41) is 0. The van der Waals surface area contributed by atoms with Gasteiger partial charge in [-0.25, -0.2) is 0 Å². The monoisotopic (exact) mass is 243 g/mol. The second kappa shape index (κ2) is 10.6. The quantitative estimate of drug-likeness (QED) is 0.552. The number of esters is 1. The van der Waals surface area contributed by atoms with Crippen molar-refractivity contribution in [3.63, 3.8) is 0 Å². The minimum absolute atomic E-state index is 0.00638. The molecule has 0 aliphatic rings. The van der Waals surface area contributed by atoms with Gasteiger partial charge in [-0.2, -0.15) is 0 Å². The lowest BCUT2D eigenvalue weighted by atomic mass is 10.00. The molecular formula is C14H29NO2. The molecule has 0 saturated heterocycles. The van der Waals surface area contributed by atoms with Crippen LogP contribution in [0.1, 0.15) is 53.4 Å². The van der Waals surface area contributed by atoms with Crippen LogP contribution in [-0.4, -0.2) is 37.1 Å². The molecule has 0 spiro atoms. The number of ether oxygens (including phenoxy) is 1. The highest BCUT2D eigenvalue weighted by Gasteiger charge is 2.17. The van der Waals surface area contributed by atoms with Crippen molar-refractivity contribution >= 4 is 5.97 Å². The van der Waals surface area contributed by atoms with E-state index in [2.05, 4.69) is 32.6 Å². The summed E-state index contributed by atoms with van der Waals surface area (Å²) < 4.78 is 5.35. The molecule has 1 atom stereocenters. The molecule has 0 rings (SSSR count). The molecule has 1 unspecified atom stereocenters. The van der Waals surface area contributed by atoms with Crippen molar-refractivity contribution in [3.05, 3.63) is 0 Å². The first-order valence-electron chi connectivity index (χ1n) is 7.08. The standard InChI is InChI=1S/C14H29NO2/c1-5-9-10-13(6-2)14(16)17-12-11-15(7-3)8-4/h13H,5-12H2,1-4H3. The van der Waals surface area contributed by atoms with Crippen molar-refractivity contribution in [1.82, 2.24) is 4.90 Å². The molecule has 0 radical (unpaired) electrons. The maximum Gasteiger partial charge on any atom is 0.308 e. The van der Waals surface area contributed by atoms with Gasteiger partial charge in [0.2, 0.25) is 0 Å². The summed E-state index contributed by atoms with van der Waals surface area (Å²) in [5.74, 6) is 0.0970. The van der Waals surface area contributed by atoms with Gasteiger partial charge in [0.1, 0.15) is 6.61 Å². The Balaban J connectivity index is 3.81. The van der Waals surface area contributed by atoms with Gasteiger partial charge in [0, 0.05) is 6.54 Å². The lowest BCUT2D eigenvalue weighted by Crippen LogP contribution is -2.29. The van der Waals surface area contributed by atoms with E-state index in [9.17, 15) is 4.79 Å². The van der Waals surface area contributed by atoms with Gasteiger partial charge in [0.25, 0.3) is 0 Å². The molecule has 0 aromatic heterocycles. The molecule has 3 heteroatoms. The molecule has 0 heterocycles. The predicted octanol–water partition coefficient (Wildman–Crippen LogP) is 3.09. The zero-order chi connectivity index (χ0) is 13.1. The highest BCUT2D eigenvalue weighted by atomic mass is 16.5. The molecule has 0 saturated carbocycles. The fourth-order valence-corrected chi connectivity index (χ4v) is 1.87. The topological polar surface area (TPSA) is 29.5 Å². The average Bonchev–Trinajstić information content (AvgIpc) is 2.35. The molecule has 0 aromatic rings. The van der Waals surface area contributed by atoms with Crippen molar-refractivity contribution in [3.8, 4) is 0 Å². The van der Waals surface area contributed by atoms with E-state index in [1.165, 1.54) is 0 Å². The summed E-state index contributed by atoms with van der Waals surface area (Å²) >= 11 is 0. The third-order valence-corrected chi connectivity index (χ3v) is 3.28. The Bertz CT molecular complexity index is 191. The normalized spacial score (nSPS) is 12.8. The second-order valence-electron chi connectivity index (χ2n) is 4.44. The van der Waals surface area contributed by atoms with E-state index < -0.39 is 0 Å². The summed E-state index contributed by atoms with van der Waals surface area (Å²) in [6.45, 7) is 11.9. The van der Waals surface area contributed by atoms with Gasteiger partial charge >= 0.3 is 5.97 Å². The largest absolute Gasteiger partial charge is 0.464 e. The number of hydrogen-bond acceptors (Lipinski definition) is 3. The molecule has 0 amide bonds. The van der Waals surface area contributed by atoms with Gasteiger partial charge in [-0.1, -0.05) is 40.5 Å². The van der Waals surface area contributed by atoms with Gasteiger partial charge < -0.3 is 9.64 Å². The van der Waals surface area contributed by atoms with Crippen molar-refractivity contribution in [2.24, 2.45) is 5.92 Å². The number of unbranched alkanes of at least 4 members (excludes halogenated alkanes) is 1. The van der Waals surface area contributed by atoms with Crippen LogP contribution in [0, 0.1) is 5.92 Å². The Morgan fingerprint density at radius 1 is 1.18 bits per heavy atom. The molecule has 0 aliphatic heterocycles. The molecule has 0 aromatic carbocycles. The van der Waals surface area contributed by atoms with E-state index in [-0.39, 0.29) is 11.9 Å². The van der Waals surface area contributed by atoms with Crippen LogP contribution >= 0.6 is 0 Å². The number of carbonyl (C=O) groups excluding carboxylic acids is 1. The van der Waals surface area contributed by atoms with Gasteiger partial charge in [-0.3, -0.25) is 4.79 Å². The zero-order valence-corrected chi connectivity index (χ0v) is 12.0. The number of likely N-dealkylation sites (N-methyl/N-ethyl adjacent to an activating group) is 1. The van der Waals surface area contributed by atoms with Crippen molar-refractivity contribution < 1.29 is 9.53 Å². The van der Waals surface area contributed by atoms with Crippen molar-refractivity contribution in [1.29, 1.82) is 0 Å². The van der Waals surface area contributed by atoms with E-state index in [0.717, 1.165) is 45.3 Å². The molecular weight excluding hydrogens is 214 g/mol. The van der Waals surface area contributed by atoms with Crippen LogP contribution in [0.15, 0.2) is 0 Å². The molecule has 0 fully saturated rings. The predicted molar refractivity (Wildman–Crippen MR) is 72.1 cm³/mol. The minimum atomic E-state index is -0.00638. The third kappa shape index (κ3) is 7.37. The molecule has 3 nitrogen and oxygen atoms in total. The Labute approximate surface area is 107 Å². The molecule has 0 N–H and O–H groups in total. The fraction of sp³-hybridized carbons (Fsp3) is 0.929. The summed E-state index contributed by atoms with van der Waals surface area (Å²) in [6, 6.07) is 0. The van der Waals surface area contributed by atoms with Gasteiger partial charge in [0.15, 0.2) is 0 Å². The van der Waals surface area contributed by atoms with Crippen LogP contribution in [0.4, 0.5) is 0 Å². The van der Waals surface area contributed by atoms with E-state index in [0.29, 0.717) is 6.61 Å². The summed E-state index contributed by atoms with van der Waals surface area (Å²) in [6.07, 6.45) is 4.12. The van der Waals surface area contributed by atoms with Crippen LogP contribution in [0.5, 0.6) is 0 Å². The van der Waals surface area contributed by atoms with Crippen molar-refractivity contribution in [2.45, 2.75) is 53.4 Å². The lowest BCUT2D eigenvalue weighted by Gasteiger charge is -2.19. The maximum atomic E-state index is 11.8. The van der Waals surface area contributed by atoms with Gasteiger partial charge in [0.05, 0.1) is 5.92 Å². The highest BCUT2D eigenvalue weighted by molar-refractivity contribution is 5.72. The van der Waals surface area contributed by atoms with Gasteiger partial charge in [-0.05, 0) is 25.9 Å². The zero-order valence-electron chi connectivity index (χ0n) is 12.0. The van der Waals surface area contributed by atoms with Crippen LogP contribution in [0.25, 0.3) is 0 Å². The Kier molecular flexibility index (Phi) is 10.2. The Morgan fingerprint density at radius 3 is 2.29 bits per heavy atom. The van der Waals surface area contributed by atoms with Crippen LogP contribution < -0.4 is 0 Å². The van der Waals surface area contributed by atoms with Crippen LogP contribution in [0.2, 0.25) is 0 Å². The number of rotatable bonds is 10. The first kappa shape index (κ1) is 16.4. The fourth-order valence-electron chi connectivity index (χ4n) is 1.87. The highest BCUT2D eigenvalue weighted by Crippen LogP contribution is 2.14. The Hall–Kier alpha value is -0.570. The Morgan fingerprint density at radius 2 is 1.82 bits per heavy atom. The third-order valence-electron chi connectivity index (χ3n) is 3.28. The SMILES string of the molecule is CCCCC(CC)C(=O)OCCN(CC)CC. The average molecular weight is 243 g/mol. The molecule has 0 bridgehead atoms. The van der Waals surface area contributed by atoms with Crippen LogP contribution in [0.3, 0.4) is 0 Å². The maximum absolute atomic E-state index is 11.8. The minimum Gasteiger partial charge on any atom is -0.464 e. The van der Waals surface area contributed by atoms with E-state index >= 15 is 0 Å². The summed E-state index contributed by atoms with van der Waals surface area (Å²) in [4.78, 5) is 14.1. The molecule has 17 heavy (non-hydrogen) atoms. The summed E-state index contributed by atoms with van der Waals surface area (Å²) in [5.41, 5.74) is 0. The van der Waals surface area contributed by atoms with E-state index in [4.69, 9.17) is 4.74 Å². The molecule has 102 valence electrons. The lowest BCUT2D eigenvalue weighted by molar-refractivity contribution is -0.149. The van der Waals surface area contributed by atoms with E-state index in [1.54, 1.807) is 0 Å². The smallest absolute Gasteiger partial charge is 0.308 e. The number of carbonyl (C=O) groups is 1. The first-order valence-corrected chi connectivity index (χ1v) is 7.08. The number of nitrogens with zero attached hydrogens (tertiary/aromatic N) is 1. The molecule has 0 aliphatic carbocycles. The van der Waals surface area contributed by atoms with Crippen molar-refractivity contribution in [2.75, 3.05) is 26.2 Å². The van der Waals surface area contributed by atoms with Crippen LogP contribution in [-0.2, 0) is 9.53 Å². The van der Waals surface area contributed by atoms with E-state index in [1.807, 2.05) is 0 Å². The summed E-state index contributed by atoms with van der Waals surface area (Å²) in [7, 11) is 0. The first-order chi connectivity index (χ1) is 8.19. The second-order valence-corrected chi connectivity index (χ2v) is 4.44. The number of hydrogen-bond donors (Lipinski definition) is 0.